The summed E-state index contributed by atoms with van der Waals surface area (Å²) in [5.41, 5.74) is 10.8. The van der Waals surface area contributed by atoms with Crippen LogP contribution in [0.5, 0.6) is 0 Å². The summed E-state index contributed by atoms with van der Waals surface area (Å²) in [7, 11) is 0. The molecule has 32 heavy (non-hydrogen) atoms. The van der Waals surface area contributed by atoms with Crippen molar-refractivity contribution in [2.45, 2.75) is 6.92 Å². The Balaban J connectivity index is 1.87. The van der Waals surface area contributed by atoms with E-state index in [1.54, 1.807) is 61.5 Å². The quantitative estimate of drug-likeness (QED) is 0.204. The molecule has 3 aromatic rings. The van der Waals surface area contributed by atoms with Crippen LogP contribution < -0.4 is 21.3 Å². The number of carbonyl (C=O) groups is 2. The number of amides is 3. The summed E-state index contributed by atoms with van der Waals surface area (Å²) < 4.78 is 0. The number of nitrogens with one attached hydrogen (secondary N) is 4. The fourth-order valence-electron chi connectivity index (χ4n) is 2.68. The number of carbonyl (C=O) groups excluding carboxylic acids is 2. The number of rotatable bonds is 7. The molecule has 10 nitrogen and oxygen atoms in total. The van der Waals surface area contributed by atoms with Crippen molar-refractivity contribution in [3.05, 3.63) is 81.8 Å². The molecule has 0 saturated heterocycles. The van der Waals surface area contributed by atoms with Gasteiger partial charge in [-0.3, -0.25) is 10.1 Å². The zero-order chi connectivity index (χ0) is 22.9. The molecule has 1 heterocycles. The van der Waals surface area contributed by atoms with Gasteiger partial charge in [0.25, 0.3) is 5.91 Å². The third kappa shape index (κ3) is 6.11. The van der Waals surface area contributed by atoms with Crippen LogP contribution in [0.3, 0.4) is 0 Å². The van der Waals surface area contributed by atoms with Crippen molar-refractivity contribution in [2.75, 3.05) is 22.5 Å². The number of aromatic nitrogens is 1. The molecule has 0 unspecified atom stereocenters. The molecule has 0 bridgehead atoms. The van der Waals surface area contributed by atoms with E-state index in [4.69, 9.17) is 17.1 Å². The normalized spacial score (nSPS) is 9.94. The van der Waals surface area contributed by atoms with E-state index in [-0.39, 0.29) is 11.4 Å². The van der Waals surface area contributed by atoms with Crippen LogP contribution in [0.1, 0.15) is 17.3 Å². The van der Waals surface area contributed by atoms with Crippen LogP contribution in [-0.4, -0.2) is 23.5 Å². The number of urea groups is 1. The first kappa shape index (κ1) is 22.4. The Kier molecular flexibility index (Phi) is 7.47. The summed E-state index contributed by atoms with van der Waals surface area (Å²) >= 11 is 5.95. The Morgan fingerprint density at radius 1 is 1.06 bits per heavy atom. The minimum Gasteiger partial charge on any atom is -0.355 e. The topological polar surface area (TPSA) is 144 Å². The van der Waals surface area contributed by atoms with Gasteiger partial charge in [-0.1, -0.05) is 28.8 Å². The Morgan fingerprint density at radius 2 is 1.75 bits per heavy atom. The lowest BCUT2D eigenvalue weighted by Crippen LogP contribution is -2.28. The van der Waals surface area contributed by atoms with Crippen LogP contribution in [0, 0.1) is 0 Å². The van der Waals surface area contributed by atoms with Crippen molar-refractivity contribution < 1.29 is 9.59 Å². The van der Waals surface area contributed by atoms with Crippen LogP contribution in [0.4, 0.5) is 33.4 Å². The Bertz CT molecular complexity index is 1160. The second-order valence-electron chi connectivity index (χ2n) is 6.42. The number of nitrogens with zero attached hydrogens (tertiary/aromatic N) is 4. The zero-order valence-electron chi connectivity index (χ0n) is 17.0. The van der Waals surface area contributed by atoms with Gasteiger partial charge in [-0.05, 0) is 48.9 Å². The van der Waals surface area contributed by atoms with E-state index in [0.717, 1.165) is 0 Å². The largest absolute Gasteiger partial charge is 0.355 e. The van der Waals surface area contributed by atoms with Gasteiger partial charge in [0.15, 0.2) is 0 Å². The molecule has 0 aliphatic carbocycles. The molecule has 4 N–H and O–H groups in total. The number of hydrogen-bond acceptors (Lipinski definition) is 5. The summed E-state index contributed by atoms with van der Waals surface area (Å²) in [4.78, 5) is 31.7. The first-order valence-electron chi connectivity index (χ1n) is 9.52. The molecule has 0 saturated carbocycles. The van der Waals surface area contributed by atoms with Crippen molar-refractivity contribution in [1.82, 2.24) is 10.3 Å². The third-order valence-electron chi connectivity index (χ3n) is 4.14. The lowest BCUT2D eigenvalue weighted by atomic mass is 10.2. The van der Waals surface area contributed by atoms with Gasteiger partial charge in [0.2, 0.25) is 0 Å². The molecular weight excluding hydrogens is 432 g/mol. The highest BCUT2D eigenvalue weighted by atomic mass is 35.5. The second-order valence-corrected chi connectivity index (χ2v) is 6.86. The van der Waals surface area contributed by atoms with E-state index in [2.05, 4.69) is 36.3 Å². The van der Waals surface area contributed by atoms with E-state index in [1.807, 2.05) is 0 Å². The highest BCUT2D eigenvalue weighted by Crippen LogP contribution is 2.26. The smallest absolute Gasteiger partial charge is 0.320 e. The van der Waals surface area contributed by atoms with Crippen LogP contribution in [0.2, 0.25) is 5.02 Å². The van der Waals surface area contributed by atoms with E-state index >= 15 is 0 Å². The summed E-state index contributed by atoms with van der Waals surface area (Å²) in [6.07, 6.45) is 1.36. The maximum Gasteiger partial charge on any atom is 0.320 e. The molecule has 2 aromatic carbocycles. The number of halogens is 1. The Morgan fingerprint density at radius 3 is 2.41 bits per heavy atom. The van der Waals surface area contributed by atoms with Gasteiger partial charge in [-0.25, -0.2) is 9.78 Å². The number of anilines is 4. The van der Waals surface area contributed by atoms with Crippen LogP contribution >= 0.6 is 11.6 Å². The Hall–Kier alpha value is -4.27. The summed E-state index contributed by atoms with van der Waals surface area (Å²) in [6.45, 7) is 2.26. The van der Waals surface area contributed by atoms with E-state index < -0.39 is 11.9 Å². The maximum absolute atomic E-state index is 12.9. The molecule has 11 heteroatoms. The minimum atomic E-state index is -0.421. The monoisotopic (exact) mass is 450 g/mol. The van der Waals surface area contributed by atoms with Gasteiger partial charge in [0.05, 0.1) is 11.3 Å². The van der Waals surface area contributed by atoms with Gasteiger partial charge in [-0.15, -0.1) is 0 Å². The molecule has 0 fully saturated rings. The minimum absolute atomic E-state index is 0.250. The summed E-state index contributed by atoms with van der Waals surface area (Å²) in [5, 5.41) is 15.2. The lowest BCUT2D eigenvalue weighted by molar-refractivity contribution is 0.102. The number of benzene rings is 2. The SMILES string of the molecule is CCNC(=O)Nc1cc(Nc2ccc(Cl)cc2)c(C(=O)Nc2ccc(N=[N+]=[N-])cc2)cn1. The molecule has 3 amide bonds. The van der Waals surface area contributed by atoms with E-state index in [9.17, 15) is 9.59 Å². The van der Waals surface area contributed by atoms with Crippen molar-refractivity contribution in [3.63, 3.8) is 0 Å². The molecule has 0 atom stereocenters. The van der Waals surface area contributed by atoms with Crippen molar-refractivity contribution >= 4 is 52.1 Å². The second kappa shape index (κ2) is 10.7. The first-order chi connectivity index (χ1) is 15.5. The van der Waals surface area contributed by atoms with E-state index in [1.165, 1.54) is 6.20 Å². The molecule has 0 aliphatic rings. The number of hydrogen-bond donors (Lipinski definition) is 4. The molecule has 0 aliphatic heterocycles. The molecule has 0 spiro atoms. The van der Waals surface area contributed by atoms with Gasteiger partial charge in [0.1, 0.15) is 5.82 Å². The van der Waals surface area contributed by atoms with Gasteiger partial charge in [0, 0.05) is 45.8 Å². The highest BCUT2D eigenvalue weighted by molar-refractivity contribution is 6.30. The lowest BCUT2D eigenvalue weighted by Gasteiger charge is -2.14. The Labute approximate surface area is 188 Å². The summed E-state index contributed by atoms with van der Waals surface area (Å²) in [5.74, 6) is -0.155. The van der Waals surface area contributed by atoms with E-state index in [0.29, 0.717) is 34.3 Å². The molecule has 0 radical (unpaired) electrons. The fraction of sp³-hybridized carbons (Fsp3) is 0.0952. The average Bonchev–Trinajstić information content (AvgIpc) is 2.77. The van der Waals surface area contributed by atoms with Crippen molar-refractivity contribution in [2.24, 2.45) is 5.11 Å². The first-order valence-corrected chi connectivity index (χ1v) is 9.90. The van der Waals surface area contributed by atoms with Crippen molar-refractivity contribution in [3.8, 4) is 0 Å². The van der Waals surface area contributed by atoms with Crippen LogP contribution in [-0.2, 0) is 0 Å². The standard InChI is InChI=1S/C21H19ClN8O2/c1-2-24-21(32)28-19-11-18(26-14-5-3-13(22)4-6-14)17(12-25-19)20(31)27-15-7-9-16(10-8-15)29-30-23/h3-12H,2H2,1H3,(H,27,31)(H3,24,25,26,28,32). The fourth-order valence-corrected chi connectivity index (χ4v) is 2.81. The number of pyridine rings is 1. The zero-order valence-corrected chi connectivity index (χ0v) is 17.7. The highest BCUT2D eigenvalue weighted by Gasteiger charge is 2.15. The predicted molar refractivity (Wildman–Crippen MR) is 125 cm³/mol. The molecule has 3 rings (SSSR count). The number of azide groups is 1. The van der Waals surface area contributed by atoms with Crippen LogP contribution in [0.15, 0.2) is 65.9 Å². The van der Waals surface area contributed by atoms with Gasteiger partial charge >= 0.3 is 6.03 Å². The third-order valence-corrected chi connectivity index (χ3v) is 4.39. The molecule has 162 valence electrons. The molecule has 1 aromatic heterocycles. The van der Waals surface area contributed by atoms with Gasteiger partial charge in [-0.2, -0.15) is 0 Å². The van der Waals surface area contributed by atoms with Crippen LogP contribution in [0.25, 0.3) is 10.4 Å². The van der Waals surface area contributed by atoms with Gasteiger partial charge < -0.3 is 16.0 Å². The maximum atomic E-state index is 12.9. The predicted octanol–water partition coefficient (Wildman–Crippen LogP) is 5.81. The molecular formula is C21H19ClN8O2. The summed E-state index contributed by atoms with van der Waals surface area (Å²) in [6, 6.07) is 14.5. The average molecular weight is 451 g/mol. The van der Waals surface area contributed by atoms with Crippen molar-refractivity contribution in [1.29, 1.82) is 0 Å².